The topological polar surface area (TPSA) is 41.1 Å². The second-order valence-electron chi connectivity index (χ2n) is 4.78. The summed E-state index contributed by atoms with van der Waals surface area (Å²) < 4.78 is 38.3. The van der Waals surface area contributed by atoms with E-state index in [2.05, 4.69) is 17.6 Å². The standard InChI is InChI=1S/C15H21F3N2O/c1-2-3-6-10-20-14(21)9-11-19-13-8-5-4-7-12(13)15(16,17)18/h4-5,7-8,19H,2-3,6,9-11H2,1H3,(H,20,21). The highest BCUT2D eigenvalue weighted by atomic mass is 19.4. The summed E-state index contributed by atoms with van der Waals surface area (Å²) in [6.45, 7) is 2.86. The third kappa shape index (κ3) is 6.51. The molecule has 0 bridgehead atoms. The summed E-state index contributed by atoms with van der Waals surface area (Å²) in [6, 6.07) is 5.26. The van der Waals surface area contributed by atoms with Gasteiger partial charge < -0.3 is 10.6 Å². The number of para-hydroxylation sites is 1. The SMILES string of the molecule is CCCCCNC(=O)CCNc1ccccc1C(F)(F)F. The van der Waals surface area contributed by atoms with E-state index in [1.165, 1.54) is 18.2 Å². The summed E-state index contributed by atoms with van der Waals surface area (Å²) in [5, 5.41) is 5.42. The van der Waals surface area contributed by atoms with E-state index in [9.17, 15) is 18.0 Å². The lowest BCUT2D eigenvalue weighted by atomic mass is 10.1. The molecule has 6 heteroatoms. The molecule has 0 unspecified atom stereocenters. The molecule has 2 N–H and O–H groups in total. The molecule has 0 aliphatic carbocycles. The summed E-state index contributed by atoms with van der Waals surface area (Å²) in [4.78, 5) is 11.5. The Morgan fingerprint density at radius 3 is 2.52 bits per heavy atom. The van der Waals surface area contributed by atoms with Crippen LogP contribution in [0.3, 0.4) is 0 Å². The molecule has 0 aromatic heterocycles. The van der Waals surface area contributed by atoms with Crippen LogP contribution in [0.25, 0.3) is 0 Å². The Bertz CT molecular complexity index is 447. The Labute approximate surface area is 122 Å². The lowest BCUT2D eigenvalue weighted by Gasteiger charge is -2.14. The second-order valence-corrected chi connectivity index (χ2v) is 4.78. The van der Waals surface area contributed by atoms with Crippen LogP contribution >= 0.6 is 0 Å². The van der Waals surface area contributed by atoms with Gasteiger partial charge in [-0.05, 0) is 18.6 Å². The predicted octanol–water partition coefficient (Wildman–Crippen LogP) is 3.81. The zero-order chi connectivity index (χ0) is 15.7. The monoisotopic (exact) mass is 302 g/mol. The van der Waals surface area contributed by atoms with Crippen molar-refractivity contribution in [3.8, 4) is 0 Å². The Kier molecular flexibility index (Phi) is 7.05. The number of hydrogen-bond acceptors (Lipinski definition) is 2. The smallest absolute Gasteiger partial charge is 0.384 e. The van der Waals surface area contributed by atoms with Crippen molar-refractivity contribution in [2.45, 2.75) is 38.8 Å². The van der Waals surface area contributed by atoms with Gasteiger partial charge in [-0.1, -0.05) is 31.9 Å². The molecule has 1 aromatic rings. The number of halogens is 3. The first kappa shape index (κ1) is 17.3. The highest BCUT2D eigenvalue weighted by Crippen LogP contribution is 2.34. The van der Waals surface area contributed by atoms with Crippen LogP contribution in [0.15, 0.2) is 24.3 Å². The predicted molar refractivity (Wildman–Crippen MR) is 77.1 cm³/mol. The Morgan fingerprint density at radius 2 is 1.86 bits per heavy atom. The highest BCUT2D eigenvalue weighted by molar-refractivity contribution is 5.76. The van der Waals surface area contributed by atoms with Gasteiger partial charge >= 0.3 is 6.18 Å². The average molecular weight is 302 g/mol. The first-order valence-corrected chi connectivity index (χ1v) is 7.12. The number of rotatable bonds is 8. The van der Waals surface area contributed by atoms with Crippen molar-refractivity contribution < 1.29 is 18.0 Å². The van der Waals surface area contributed by atoms with Crippen LogP contribution < -0.4 is 10.6 Å². The molecule has 0 atom stereocenters. The fourth-order valence-corrected chi connectivity index (χ4v) is 1.89. The molecule has 0 radical (unpaired) electrons. The Morgan fingerprint density at radius 1 is 1.14 bits per heavy atom. The van der Waals surface area contributed by atoms with E-state index in [0.29, 0.717) is 6.54 Å². The van der Waals surface area contributed by atoms with E-state index < -0.39 is 11.7 Å². The van der Waals surface area contributed by atoms with Gasteiger partial charge in [-0.3, -0.25) is 4.79 Å². The van der Waals surface area contributed by atoms with Crippen LogP contribution in [0.5, 0.6) is 0 Å². The normalized spacial score (nSPS) is 11.2. The number of unbranched alkanes of at least 4 members (excludes halogenated alkanes) is 2. The number of carbonyl (C=O) groups excluding carboxylic acids is 1. The lowest BCUT2D eigenvalue weighted by molar-refractivity contribution is -0.137. The van der Waals surface area contributed by atoms with Crippen molar-refractivity contribution in [3.05, 3.63) is 29.8 Å². The molecule has 118 valence electrons. The molecule has 0 spiro atoms. The van der Waals surface area contributed by atoms with Crippen LogP contribution in [0, 0.1) is 0 Å². The largest absolute Gasteiger partial charge is 0.418 e. The van der Waals surface area contributed by atoms with E-state index in [4.69, 9.17) is 0 Å². The number of hydrogen-bond donors (Lipinski definition) is 2. The van der Waals surface area contributed by atoms with Gasteiger partial charge in [0.1, 0.15) is 0 Å². The molecule has 0 fully saturated rings. The van der Waals surface area contributed by atoms with Gasteiger partial charge in [-0.25, -0.2) is 0 Å². The van der Waals surface area contributed by atoms with Crippen molar-refractivity contribution >= 4 is 11.6 Å². The summed E-state index contributed by atoms with van der Waals surface area (Å²) in [5.74, 6) is -0.150. The van der Waals surface area contributed by atoms with Gasteiger partial charge in [0, 0.05) is 25.2 Å². The summed E-state index contributed by atoms with van der Waals surface area (Å²) >= 11 is 0. The summed E-state index contributed by atoms with van der Waals surface area (Å²) in [6.07, 6.45) is -1.19. The fraction of sp³-hybridized carbons (Fsp3) is 0.533. The number of carbonyl (C=O) groups is 1. The molecule has 0 saturated heterocycles. The quantitative estimate of drug-likeness (QED) is 0.717. The molecular weight excluding hydrogens is 281 g/mol. The Hall–Kier alpha value is -1.72. The van der Waals surface area contributed by atoms with Gasteiger partial charge in [0.2, 0.25) is 5.91 Å². The van der Waals surface area contributed by atoms with Gasteiger partial charge in [-0.15, -0.1) is 0 Å². The lowest BCUT2D eigenvalue weighted by Crippen LogP contribution is -2.26. The molecule has 0 aliphatic rings. The summed E-state index contributed by atoms with van der Waals surface area (Å²) in [7, 11) is 0. The van der Waals surface area contributed by atoms with E-state index in [1.54, 1.807) is 0 Å². The molecular formula is C15H21F3N2O. The third-order valence-corrected chi connectivity index (χ3v) is 3.00. The zero-order valence-corrected chi connectivity index (χ0v) is 12.1. The van der Waals surface area contributed by atoms with E-state index in [-0.39, 0.29) is 24.6 Å². The zero-order valence-electron chi connectivity index (χ0n) is 12.1. The van der Waals surface area contributed by atoms with Crippen molar-refractivity contribution in [3.63, 3.8) is 0 Å². The van der Waals surface area contributed by atoms with Gasteiger partial charge in [0.05, 0.1) is 5.56 Å². The molecule has 1 rings (SSSR count). The molecule has 0 saturated carbocycles. The first-order chi connectivity index (χ1) is 9.95. The number of benzene rings is 1. The maximum absolute atomic E-state index is 12.8. The van der Waals surface area contributed by atoms with Crippen LogP contribution in [-0.4, -0.2) is 19.0 Å². The van der Waals surface area contributed by atoms with Crippen LogP contribution in [0.4, 0.5) is 18.9 Å². The maximum atomic E-state index is 12.8. The Balaban J connectivity index is 2.38. The molecule has 0 heterocycles. The maximum Gasteiger partial charge on any atom is 0.418 e. The van der Waals surface area contributed by atoms with Crippen LogP contribution in [-0.2, 0) is 11.0 Å². The number of nitrogens with one attached hydrogen (secondary N) is 2. The van der Waals surface area contributed by atoms with E-state index in [0.717, 1.165) is 25.3 Å². The second kappa shape index (κ2) is 8.54. The highest BCUT2D eigenvalue weighted by Gasteiger charge is 2.32. The molecule has 1 amide bonds. The average Bonchev–Trinajstić information content (AvgIpc) is 2.43. The number of alkyl halides is 3. The van der Waals surface area contributed by atoms with Crippen molar-refractivity contribution in [2.75, 3.05) is 18.4 Å². The van der Waals surface area contributed by atoms with Crippen molar-refractivity contribution in [1.29, 1.82) is 0 Å². The van der Waals surface area contributed by atoms with Crippen LogP contribution in [0.1, 0.15) is 38.2 Å². The van der Waals surface area contributed by atoms with Gasteiger partial charge in [0.15, 0.2) is 0 Å². The molecule has 21 heavy (non-hydrogen) atoms. The molecule has 1 aromatic carbocycles. The van der Waals surface area contributed by atoms with Gasteiger partial charge in [-0.2, -0.15) is 13.2 Å². The van der Waals surface area contributed by atoms with Crippen LogP contribution in [0.2, 0.25) is 0 Å². The number of anilines is 1. The molecule has 3 nitrogen and oxygen atoms in total. The minimum absolute atomic E-state index is 0.00350. The fourth-order valence-electron chi connectivity index (χ4n) is 1.89. The minimum atomic E-state index is -4.40. The van der Waals surface area contributed by atoms with Crippen molar-refractivity contribution in [2.24, 2.45) is 0 Å². The molecule has 0 aliphatic heterocycles. The van der Waals surface area contributed by atoms with E-state index in [1.807, 2.05) is 0 Å². The van der Waals surface area contributed by atoms with Gasteiger partial charge in [0.25, 0.3) is 0 Å². The van der Waals surface area contributed by atoms with E-state index >= 15 is 0 Å². The summed E-state index contributed by atoms with van der Waals surface area (Å²) in [5.41, 5.74) is -0.711. The number of amides is 1. The first-order valence-electron chi connectivity index (χ1n) is 7.12. The van der Waals surface area contributed by atoms with Crippen molar-refractivity contribution in [1.82, 2.24) is 5.32 Å². The minimum Gasteiger partial charge on any atom is -0.384 e. The third-order valence-electron chi connectivity index (χ3n) is 3.00.